The van der Waals surface area contributed by atoms with Gasteiger partial charge < -0.3 is 15.5 Å². The van der Waals surface area contributed by atoms with E-state index in [0.29, 0.717) is 6.42 Å². The lowest BCUT2D eigenvalue weighted by Crippen LogP contribution is -2.14. The zero-order valence-corrected chi connectivity index (χ0v) is 9.51. The van der Waals surface area contributed by atoms with E-state index in [4.69, 9.17) is 5.73 Å². The Hall–Kier alpha value is -1.95. The number of benzene rings is 1. The molecule has 0 saturated heterocycles. The number of aromatic nitrogens is 2. The zero-order valence-electron chi connectivity index (χ0n) is 9.51. The van der Waals surface area contributed by atoms with Gasteiger partial charge in [0.1, 0.15) is 5.75 Å². The summed E-state index contributed by atoms with van der Waals surface area (Å²) in [7, 11) is 0. The van der Waals surface area contributed by atoms with Crippen LogP contribution in [0.1, 0.15) is 17.3 Å². The van der Waals surface area contributed by atoms with E-state index >= 15 is 0 Å². The Morgan fingerprint density at radius 3 is 2.89 bits per heavy atom. The summed E-state index contributed by atoms with van der Waals surface area (Å²) in [4.78, 5) is 6.83. The lowest BCUT2D eigenvalue weighted by molar-refractivity contribution is -0.0498. The minimum absolute atomic E-state index is 0.113. The molecule has 18 heavy (non-hydrogen) atoms. The predicted molar refractivity (Wildman–Crippen MR) is 62.3 cm³/mol. The number of ether oxygens (including phenoxy) is 1. The Morgan fingerprint density at radius 1 is 1.39 bits per heavy atom. The molecule has 0 amide bonds. The number of hydrogen-bond acceptors (Lipinski definition) is 3. The van der Waals surface area contributed by atoms with E-state index in [2.05, 4.69) is 14.7 Å². The fourth-order valence-electron chi connectivity index (χ4n) is 1.67. The number of nitrogens with zero attached hydrogens (tertiary/aromatic N) is 1. The van der Waals surface area contributed by atoms with E-state index in [-0.39, 0.29) is 11.8 Å². The zero-order chi connectivity index (χ0) is 13.0. The smallest absolute Gasteiger partial charge is 0.387 e. The van der Waals surface area contributed by atoms with Crippen LogP contribution in [-0.2, 0) is 6.42 Å². The van der Waals surface area contributed by atoms with Crippen molar-refractivity contribution in [1.29, 1.82) is 0 Å². The molecule has 3 N–H and O–H groups in total. The number of hydrogen-bond donors (Lipinski definition) is 2. The van der Waals surface area contributed by atoms with Gasteiger partial charge in [-0.25, -0.2) is 4.98 Å². The van der Waals surface area contributed by atoms with Crippen molar-refractivity contribution in [1.82, 2.24) is 9.97 Å². The molecule has 96 valence electrons. The average molecular weight is 253 g/mol. The highest BCUT2D eigenvalue weighted by atomic mass is 19.3. The highest BCUT2D eigenvalue weighted by molar-refractivity contribution is 5.31. The van der Waals surface area contributed by atoms with Crippen molar-refractivity contribution < 1.29 is 13.5 Å². The third-order valence-corrected chi connectivity index (χ3v) is 2.51. The standard InChI is InChI=1S/C12H13F2N3O/c13-12(14)18-10-3-1-2-8(4-10)11(15)5-9-6-16-7-17-9/h1-4,6-7,11-12H,5,15H2,(H,16,17). The second kappa shape index (κ2) is 5.59. The summed E-state index contributed by atoms with van der Waals surface area (Å²) in [6.45, 7) is -2.83. The minimum Gasteiger partial charge on any atom is -0.435 e. The Bertz CT molecular complexity index is 488. The normalized spacial score (nSPS) is 12.7. The van der Waals surface area contributed by atoms with Crippen LogP contribution in [0.2, 0.25) is 0 Å². The van der Waals surface area contributed by atoms with Crippen molar-refractivity contribution in [2.45, 2.75) is 19.1 Å². The first kappa shape index (κ1) is 12.5. The molecular weight excluding hydrogens is 240 g/mol. The van der Waals surface area contributed by atoms with Gasteiger partial charge in [-0.2, -0.15) is 8.78 Å². The van der Waals surface area contributed by atoms with E-state index in [0.717, 1.165) is 11.3 Å². The summed E-state index contributed by atoms with van der Waals surface area (Å²) < 4.78 is 28.5. The van der Waals surface area contributed by atoms with Crippen molar-refractivity contribution >= 4 is 0 Å². The second-order valence-corrected chi connectivity index (χ2v) is 3.84. The molecule has 0 aliphatic heterocycles. The molecule has 1 aromatic carbocycles. The molecule has 0 bridgehead atoms. The third-order valence-electron chi connectivity index (χ3n) is 2.51. The van der Waals surface area contributed by atoms with Crippen molar-refractivity contribution in [3.63, 3.8) is 0 Å². The maximum atomic E-state index is 12.1. The van der Waals surface area contributed by atoms with Crippen molar-refractivity contribution in [3.8, 4) is 5.75 Å². The molecule has 0 saturated carbocycles. The molecule has 1 unspecified atom stereocenters. The molecule has 1 atom stereocenters. The molecule has 0 spiro atoms. The number of halogens is 2. The molecule has 1 aromatic heterocycles. The predicted octanol–water partition coefficient (Wildman–Crippen LogP) is 2.25. The van der Waals surface area contributed by atoms with E-state index < -0.39 is 6.61 Å². The van der Waals surface area contributed by atoms with Crippen molar-refractivity contribution in [2.24, 2.45) is 5.73 Å². The van der Waals surface area contributed by atoms with Crippen LogP contribution in [0, 0.1) is 0 Å². The summed E-state index contributed by atoms with van der Waals surface area (Å²) >= 11 is 0. The minimum atomic E-state index is -2.83. The summed E-state index contributed by atoms with van der Waals surface area (Å²) in [6.07, 6.45) is 3.80. The molecule has 0 aliphatic rings. The number of nitrogens with two attached hydrogens (primary N) is 1. The van der Waals surface area contributed by atoms with Crippen LogP contribution in [0.3, 0.4) is 0 Å². The monoisotopic (exact) mass is 253 g/mol. The van der Waals surface area contributed by atoms with E-state index in [9.17, 15) is 8.78 Å². The molecule has 0 radical (unpaired) electrons. The topological polar surface area (TPSA) is 63.9 Å². The van der Waals surface area contributed by atoms with Gasteiger partial charge in [0, 0.05) is 24.4 Å². The Labute approximate surface area is 103 Å². The quantitative estimate of drug-likeness (QED) is 0.859. The lowest BCUT2D eigenvalue weighted by Gasteiger charge is -2.12. The fraction of sp³-hybridized carbons (Fsp3) is 0.250. The van der Waals surface area contributed by atoms with Gasteiger partial charge in [-0.1, -0.05) is 12.1 Å². The number of rotatable bonds is 5. The maximum absolute atomic E-state index is 12.1. The van der Waals surface area contributed by atoms with E-state index in [1.165, 1.54) is 12.1 Å². The molecule has 1 heterocycles. The number of imidazole rings is 1. The van der Waals surface area contributed by atoms with E-state index in [1.54, 1.807) is 24.7 Å². The van der Waals surface area contributed by atoms with Gasteiger partial charge >= 0.3 is 6.61 Å². The summed E-state index contributed by atoms with van der Waals surface area (Å²) in [5.41, 5.74) is 7.63. The Morgan fingerprint density at radius 2 is 2.22 bits per heavy atom. The van der Waals surface area contributed by atoms with Gasteiger partial charge in [0.2, 0.25) is 0 Å². The molecule has 0 aliphatic carbocycles. The summed E-state index contributed by atoms with van der Waals surface area (Å²) in [5.74, 6) is 0.113. The van der Waals surface area contributed by atoms with Crippen LogP contribution >= 0.6 is 0 Å². The first-order valence-corrected chi connectivity index (χ1v) is 5.43. The molecule has 2 rings (SSSR count). The van der Waals surface area contributed by atoms with Crippen LogP contribution < -0.4 is 10.5 Å². The van der Waals surface area contributed by atoms with E-state index in [1.807, 2.05) is 0 Å². The summed E-state index contributed by atoms with van der Waals surface area (Å²) in [6, 6.07) is 6.11. The largest absolute Gasteiger partial charge is 0.435 e. The van der Waals surface area contributed by atoms with Crippen LogP contribution in [-0.4, -0.2) is 16.6 Å². The molecule has 4 nitrogen and oxygen atoms in total. The van der Waals surface area contributed by atoms with Gasteiger partial charge in [0.05, 0.1) is 6.33 Å². The molecular formula is C12H13F2N3O. The lowest BCUT2D eigenvalue weighted by atomic mass is 10.0. The SMILES string of the molecule is NC(Cc1cnc[nH]1)c1cccc(OC(F)F)c1. The van der Waals surface area contributed by atoms with Crippen molar-refractivity contribution in [2.75, 3.05) is 0 Å². The van der Waals surface area contributed by atoms with Gasteiger partial charge in [-0.05, 0) is 17.7 Å². The second-order valence-electron chi connectivity index (χ2n) is 3.84. The van der Waals surface area contributed by atoms with Crippen LogP contribution in [0.4, 0.5) is 8.78 Å². The fourth-order valence-corrected chi connectivity index (χ4v) is 1.67. The first-order chi connectivity index (χ1) is 8.65. The van der Waals surface area contributed by atoms with Gasteiger partial charge in [0.15, 0.2) is 0 Å². The van der Waals surface area contributed by atoms with Gasteiger partial charge in [-0.3, -0.25) is 0 Å². The van der Waals surface area contributed by atoms with Crippen molar-refractivity contribution in [3.05, 3.63) is 48.0 Å². The first-order valence-electron chi connectivity index (χ1n) is 5.43. The number of aromatic amines is 1. The average Bonchev–Trinajstić information content (AvgIpc) is 2.81. The third kappa shape index (κ3) is 3.27. The Kier molecular flexibility index (Phi) is 3.88. The van der Waals surface area contributed by atoms with Crippen LogP contribution in [0.25, 0.3) is 0 Å². The maximum Gasteiger partial charge on any atom is 0.387 e. The highest BCUT2D eigenvalue weighted by Crippen LogP contribution is 2.21. The molecule has 2 aromatic rings. The number of alkyl halides is 2. The van der Waals surface area contributed by atoms with Crippen LogP contribution in [0.15, 0.2) is 36.8 Å². The van der Waals surface area contributed by atoms with Gasteiger partial charge in [0.25, 0.3) is 0 Å². The number of H-pyrrole nitrogens is 1. The number of nitrogens with one attached hydrogen (secondary N) is 1. The van der Waals surface area contributed by atoms with Gasteiger partial charge in [-0.15, -0.1) is 0 Å². The highest BCUT2D eigenvalue weighted by Gasteiger charge is 2.10. The molecule has 0 fully saturated rings. The Balaban J connectivity index is 2.07. The molecule has 6 heteroatoms. The summed E-state index contributed by atoms with van der Waals surface area (Å²) in [5, 5.41) is 0. The van der Waals surface area contributed by atoms with Crippen LogP contribution in [0.5, 0.6) is 5.75 Å².